The zero-order valence-electron chi connectivity index (χ0n) is 8.15. The van der Waals surface area contributed by atoms with Crippen molar-refractivity contribution in [1.82, 2.24) is 0 Å². The van der Waals surface area contributed by atoms with Crippen LogP contribution >= 0.6 is 0 Å². The molecule has 0 aliphatic heterocycles. The molecule has 0 saturated carbocycles. The minimum Gasteiger partial charge on any atom is -0.503 e. The van der Waals surface area contributed by atoms with Crippen molar-refractivity contribution in [2.45, 2.75) is 6.92 Å². The van der Waals surface area contributed by atoms with Gasteiger partial charge >= 0.3 is 5.97 Å². The number of rotatable bonds is 3. The van der Waals surface area contributed by atoms with Gasteiger partial charge in [0.15, 0.2) is 0 Å². The van der Waals surface area contributed by atoms with Crippen molar-refractivity contribution in [3.8, 4) is 0 Å². The highest BCUT2D eigenvalue weighted by Crippen LogP contribution is 2.15. The molecule has 0 spiro atoms. The molecule has 0 unspecified atom stereocenters. The minimum atomic E-state index is -0.990. The average Bonchev–Trinajstić information content (AvgIpc) is 2.15. The summed E-state index contributed by atoms with van der Waals surface area (Å²) >= 11 is 0. The molecule has 0 radical (unpaired) electrons. The standard InChI is InChI=1S/C11H12O3/c1-8-3-5-9(6-4-8)10(7-14-2)11(12)13/h3-7H,1-2H3,(H,12,13). The van der Waals surface area contributed by atoms with E-state index in [0.717, 1.165) is 5.56 Å². The van der Waals surface area contributed by atoms with Crippen LogP contribution in [-0.4, -0.2) is 18.2 Å². The van der Waals surface area contributed by atoms with Crippen molar-refractivity contribution in [3.05, 3.63) is 41.7 Å². The predicted octanol–water partition coefficient (Wildman–Crippen LogP) is 2.07. The summed E-state index contributed by atoms with van der Waals surface area (Å²) in [4.78, 5) is 10.8. The van der Waals surface area contributed by atoms with Gasteiger partial charge in [-0.05, 0) is 12.5 Å². The molecule has 0 atom stereocenters. The molecular weight excluding hydrogens is 180 g/mol. The summed E-state index contributed by atoms with van der Waals surface area (Å²) in [5.74, 6) is -0.990. The largest absolute Gasteiger partial charge is 0.503 e. The molecule has 0 fully saturated rings. The number of carboxylic acids is 1. The lowest BCUT2D eigenvalue weighted by atomic mass is 10.1. The normalized spacial score (nSPS) is 11.1. The average molecular weight is 192 g/mol. The van der Waals surface area contributed by atoms with Gasteiger partial charge in [0.1, 0.15) is 5.57 Å². The molecule has 0 aliphatic rings. The van der Waals surface area contributed by atoms with Gasteiger partial charge in [-0.15, -0.1) is 0 Å². The van der Waals surface area contributed by atoms with Gasteiger partial charge in [0.25, 0.3) is 0 Å². The van der Waals surface area contributed by atoms with Gasteiger partial charge in [0.2, 0.25) is 0 Å². The molecular formula is C11H12O3. The SMILES string of the molecule is COC=C(C(=O)O)c1ccc(C)cc1. The highest BCUT2D eigenvalue weighted by molar-refractivity contribution is 6.15. The second-order valence-electron chi connectivity index (χ2n) is 2.94. The monoisotopic (exact) mass is 192 g/mol. The quantitative estimate of drug-likeness (QED) is 0.589. The lowest BCUT2D eigenvalue weighted by Crippen LogP contribution is -2.00. The molecule has 0 saturated heterocycles. The number of aliphatic carboxylic acids is 1. The Morgan fingerprint density at radius 3 is 2.36 bits per heavy atom. The van der Waals surface area contributed by atoms with E-state index in [0.29, 0.717) is 5.56 Å². The maximum absolute atomic E-state index is 10.8. The van der Waals surface area contributed by atoms with Gasteiger partial charge in [-0.1, -0.05) is 29.8 Å². The molecule has 3 heteroatoms. The van der Waals surface area contributed by atoms with Gasteiger partial charge in [-0.2, -0.15) is 0 Å². The number of carboxylic acid groups (broad SMARTS) is 1. The fraction of sp³-hybridized carbons (Fsp3) is 0.182. The molecule has 0 amide bonds. The molecule has 14 heavy (non-hydrogen) atoms. The first kappa shape index (κ1) is 10.3. The van der Waals surface area contributed by atoms with E-state index in [9.17, 15) is 4.79 Å². The van der Waals surface area contributed by atoms with Gasteiger partial charge < -0.3 is 9.84 Å². The Morgan fingerprint density at radius 1 is 1.36 bits per heavy atom. The fourth-order valence-corrected chi connectivity index (χ4v) is 1.09. The van der Waals surface area contributed by atoms with Crippen LogP contribution in [0, 0.1) is 6.92 Å². The van der Waals surface area contributed by atoms with E-state index in [1.165, 1.54) is 13.4 Å². The van der Waals surface area contributed by atoms with Crippen molar-refractivity contribution >= 4 is 11.5 Å². The van der Waals surface area contributed by atoms with Crippen LogP contribution in [0.2, 0.25) is 0 Å². The Hall–Kier alpha value is -1.77. The molecule has 0 heterocycles. The number of carbonyl (C=O) groups is 1. The van der Waals surface area contributed by atoms with Crippen molar-refractivity contribution in [1.29, 1.82) is 0 Å². The topological polar surface area (TPSA) is 46.5 Å². The smallest absolute Gasteiger partial charge is 0.339 e. The summed E-state index contributed by atoms with van der Waals surface area (Å²) in [6, 6.07) is 7.24. The summed E-state index contributed by atoms with van der Waals surface area (Å²) in [5, 5.41) is 8.88. The molecule has 0 aromatic heterocycles. The molecule has 1 rings (SSSR count). The maximum Gasteiger partial charge on any atom is 0.339 e. The van der Waals surface area contributed by atoms with Crippen LogP contribution in [0.1, 0.15) is 11.1 Å². The maximum atomic E-state index is 10.8. The van der Waals surface area contributed by atoms with E-state index < -0.39 is 5.97 Å². The molecule has 74 valence electrons. The third kappa shape index (κ3) is 2.36. The first-order valence-electron chi connectivity index (χ1n) is 4.18. The first-order chi connectivity index (χ1) is 6.65. The van der Waals surface area contributed by atoms with Crippen molar-refractivity contribution in [3.63, 3.8) is 0 Å². The Kier molecular flexibility index (Phi) is 3.29. The van der Waals surface area contributed by atoms with E-state index in [2.05, 4.69) is 0 Å². The third-order valence-electron chi connectivity index (χ3n) is 1.83. The number of benzene rings is 1. The van der Waals surface area contributed by atoms with Gasteiger partial charge in [0.05, 0.1) is 13.4 Å². The fourth-order valence-electron chi connectivity index (χ4n) is 1.09. The summed E-state index contributed by atoms with van der Waals surface area (Å²) in [6.45, 7) is 1.95. The van der Waals surface area contributed by atoms with E-state index in [-0.39, 0.29) is 5.57 Å². The minimum absolute atomic E-state index is 0.160. The highest BCUT2D eigenvalue weighted by atomic mass is 16.5. The van der Waals surface area contributed by atoms with E-state index >= 15 is 0 Å². The Labute approximate surface area is 82.6 Å². The van der Waals surface area contributed by atoms with Crippen molar-refractivity contribution in [2.75, 3.05) is 7.11 Å². The highest BCUT2D eigenvalue weighted by Gasteiger charge is 2.09. The number of hydrogen-bond acceptors (Lipinski definition) is 2. The second-order valence-corrected chi connectivity index (χ2v) is 2.94. The van der Waals surface area contributed by atoms with Crippen LogP contribution in [0.3, 0.4) is 0 Å². The molecule has 1 N–H and O–H groups in total. The van der Waals surface area contributed by atoms with Crippen LogP contribution in [0.15, 0.2) is 30.5 Å². The Morgan fingerprint density at radius 2 is 1.93 bits per heavy atom. The van der Waals surface area contributed by atoms with Gasteiger partial charge in [0, 0.05) is 0 Å². The lowest BCUT2D eigenvalue weighted by molar-refractivity contribution is -0.130. The number of hydrogen-bond donors (Lipinski definition) is 1. The van der Waals surface area contributed by atoms with Gasteiger partial charge in [-0.3, -0.25) is 0 Å². The van der Waals surface area contributed by atoms with E-state index in [4.69, 9.17) is 9.84 Å². The van der Waals surface area contributed by atoms with E-state index in [1.807, 2.05) is 19.1 Å². The van der Waals surface area contributed by atoms with Crippen LogP contribution in [0.5, 0.6) is 0 Å². The molecule has 0 aliphatic carbocycles. The number of aryl methyl sites for hydroxylation is 1. The summed E-state index contributed by atoms with van der Waals surface area (Å²) in [5.41, 5.74) is 1.90. The van der Waals surface area contributed by atoms with Crippen LogP contribution in [0.4, 0.5) is 0 Å². The molecule has 1 aromatic carbocycles. The van der Waals surface area contributed by atoms with E-state index in [1.54, 1.807) is 12.1 Å². The number of ether oxygens (including phenoxy) is 1. The predicted molar refractivity (Wildman–Crippen MR) is 53.8 cm³/mol. The zero-order chi connectivity index (χ0) is 10.6. The molecule has 1 aromatic rings. The lowest BCUT2D eigenvalue weighted by Gasteiger charge is -2.02. The second kappa shape index (κ2) is 4.46. The Balaban J connectivity index is 3.06. The summed E-state index contributed by atoms with van der Waals surface area (Å²) in [6.07, 6.45) is 1.23. The molecule has 3 nitrogen and oxygen atoms in total. The van der Waals surface area contributed by atoms with Gasteiger partial charge in [-0.25, -0.2) is 4.79 Å². The van der Waals surface area contributed by atoms with Crippen LogP contribution in [-0.2, 0) is 9.53 Å². The van der Waals surface area contributed by atoms with Crippen molar-refractivity contribution in [2.24, 2.45) is 0 Å². The zero-order valence-corrected chi connectivity index (χ0v) is 8.15. The first-order valence-corrected chi connectivity index (χ1v) is 4.18. The van der Waals surface area contributed by atoms with Crippen LogP contribution in [0.25, 0.3) is 5.57 Å². The van der Waals surface area contributed by atoms with Crippen LogP contribution < -0.4 is 0 Å². The van der Waals surface area contributed by atoms with Crippen molar-refractivity contribution < 1.29 is 14.6 Å². The number of methoxy groups -OCH3 is 1. The molecule has 0 bridgehead atoms. The summed E-state index contributed by atoms with van der Waals surface area (Å²) in [7, 11) is 1.43. The Bertz CT molecular complexity index is 349. The third-order valence-corrected chi connectivity index (χ3v) is 1.83. The summed E-state index contributed by atoms with van der Waals surface area (Å²) < 4.78 is 4.71.